The van der Waals surface area contributed by atoms with Gasteiger partial charge in [-0.15, -0.1) is 0 Å². The Balaban J connectivity index is 2.64. The van der Waals surface area contributed by atoms with Crippen molar-refractivity contribution in [3.05, 3.63) is 18.2 Å². The van der Waals surface area contributed by atoms with Gasteiger partial charge in [0, 0.05) is 6.04 Å². The number of ether oxygens (including phenoxy) is 3. The zero-order valence-corrected chi connectivity index (χ0v) is 10.2. The van der Waals surface area contributed by atoms with Crippen molar-refractivity contribution in [2.75, 3.05) is 27.4 Å². The summed E-state index contributed by atoms with van der Waals surface area (Å²) < 4.78 is 15.9. The lowest BCUT2D eigenvalue weighted by atomic mass is 10.2. The van der Waals surface area contributed by atoms with E-state index in [9.17, 15) is 0 Å². The first-order chi connectivity index (χ1) is 8.22. The third-order valence-corrected chi connectivity index (χ3v) is 2.35. The lowest BCUT2D eigenvalue weighted by molar-refractivity contribution is 0.225. The van der Waals surface area contributed by atoms with Crippen molar-refractivity contribution < 1.29 is 19.3 Å². The third-order valence-electron chi connectivity index (χ3n) is 2.35. The number of rotatable bonds is 7. The second kappa shape index (κ2) is 6.98. The zero-order chi connectivity index (χ0) is 12.7. The Labute approximate surface area is 101 Å². The molecule has 5 nitrogen and oxygen atoms in total. The first-order valence-electron chi connectivity index (χ1n) is 5.43. The fourth-order valence-corrected chi connectivity index (χ4v) is 1.38. The van der Waals surface area contributed by atoms with Crippen LogP contribution in [0.5, 0.6) is 17.2 Å². The van der Waals surface area contributed by atoms with Crippen molar-refractivity contribution in [1.82, 2.24) is 0 Å². The standard InChI is InChI=1S/C12H19NO4/c1-15-10-4-3-5-11(12(10)16-2)17-7-6-9(13)8-14/h3-5,9,14H,6-8,13H2,1-2H3. The monoisotopic (exact) mass is 241 g/mol. The van der Waals surface area contributed by atoms with Gasteiger partial charge in [0.15, 0.2) is 11.5 Å². The molecule has 5 heteroatoms. The Hall–Kier alpha value is -1.46. The van der Waals surface area contributed by atoms with Crippen LogP contribution < -0.4 is 19.9 Å². The van der Waals surface area contributed by atoms with Crippen LogP contribution in [0.4, 0.5) is 0 Å². The van der Waals surface area contributed by atoms with Crippen molar-refractivity contribution in [1.29, 1.82) is 0 Å². The maximum Gasteiger partial charge on any atom is 0.203 e. The summed E-state index contributed by atoms with van der Waals surface area (Å²) in [4.78, 5) is 0. The maximum absolute atomic E-state index is 8.79. The Morgan fingerprint density at radius 1 is 1.24 bits per heavy atom. The number of aliphatic hydroxyl groups excluding tert-OH is 1. The number of nitrogens with two attached hydrogens (primary N) is 1. The average molecular weight is 241 g/mol. The molecule has 1 atom stereocenters. The summed E-state index contributed by atoms with van der Waals surface area (Å²) in [6, 6.07) is 5.16. The largest absolute Gasteiger partial charge is 0.493 e. The van der Waals surface area contributed by atoms with Crippen molar-refractivity contribution in [2.45, 2.75) is 12.5 Å². The maximum atomic E-state index is 8.79. The van der Waals surface area contributed by atoms with E-state index in [1.807, 2.05) is 6.07 Å². The molecule has 0 heterocycles. The van der Waals surface area contributed by atoms with Crippen LogP contribution in [0, 0.1) is 0 Å². The molecular formula is C12H19NO4. The van der Waals surface area contributed by atoms with Crippen LogP contribution in [0.1, 0.15) is 6.42 Å². The molecule has 0 saturated carbocycles. The van der Waals surface area contributed by atoms with Crippen molar-refractivity contribution >= 4 is 0 Å². The average Bonchev–Trinajstić information content (AvgIpc) is 2.37. The Morgan fingerprint density at radius 3 is 2.53 bits per heavy atom. The van der Waals surface area contributed by atoms with Crippen LogP contribution in [-0.2, 0) is 0 Å². The number of benzene rings is 1. The summed E-state index contributed by atoms with van der Waals surface area (Å²) in [7, 11) is 3.13. The molecule has 0 fully saturated rings. The molecule has 1 aromatic rings. The van der Waals surface area contributed by atoms with E-state index < -0.39 is 0 Å². The molecule has 3 N–H and O–H groups in total. The Bertz CT molecular complexity index is 343. The number of hydrogen-bond donors (Lipinski definition) is 2. The summed E-state index contributed by atoms with van der Waals surface area (Å²) in [5.74, 6) is 1.79. The van der Waals surface area contributed by atoms with Gasteiger partial charge in [-0.2, -0.15) is 0 Å². The summed E-state index contributed by atoms with van der Waals surface area (Å²) in [6.07, 6.45) is 0.580. The molecule has 0 aliphatic rings. The highest BCUT2D eigenvalue weighted by atomic mass is 16.5. The molecule has 0 bridgehead atoms. The van der Waals surface area contributed by atoms with Crippen LogP contribution in [-0.4, -0.2) is 38.6 Å². The van der Waals surface area contributed by atoms with Gasteiger partial charge in [-0.3, -0.25) is 0 Å². The quantitative estimate of drug-likeness (QED) is 0.738. The van der Waals surface area contributed by atoms with Gasteiger partial charge >= 0.3 is 0 Å². The van der Waals surface area contributed by atoms with E-state index in [1.54, 1.807) is 26.4 Å². The van der Waals surface area contributed by atoms with Gasteiger partial charge in [-0.05, 0) is 18.6 Å². The molecule has 17 heavy (non-hydrogen) atoms. The molecule has 1 aromatic carbocycles. The second-order valence-electron chi connectivity index (χ2n) is 3.57. The molecule has 1 unspecified atom stereocenters. The van der Waals surface area contributed by atoms with E-state index in [0.717, 1.165) is 0 Å². The van der Waals surface area contributed by atoms with E-state index >= 15 is 0 Å². The summed E-state index contributed by atoms with van der Waals surface area (Å²) in [6.45, 7) is 0.379. The van der Waals surface area contributed by atoms with Crippen LogP contribution in [0.25, 0.3) is 0 Å². The summed E-state index contributed by atoms with van der Waals surface area (Å²) in [5.41, 5.74) is 5.58. The van der Waals surface area contributed by atoms with Crippen LogP contribution >= 0.6 is 0 Å². The fraction of sp³-hybridized carbons (Fsp3) is 0.500. The number of aliphatic hydroxyl groups is 1. The minimum atomic E-state index is -0.258. The molecule has 0 spiro atoms. The highest BCUT2D eigenvalue weighted by Gasteiger charge is 2.10. The van der Waals surface area contributed by atoms with Gasteiger partial charge < -0.3 is 25.1 Å². The topological polar surface area (TPSA) is 73.9 Å². The lowest BCUT2D eigenvalue weighted by Crippen LogP contribution is -2.26. The Kier molecular flexibility index (Phi) is 5.59. The minimum absolute atomic E-state index is 0.0430. The summed E-state index contributed by atoms with van der Waals surface area (Å²) in [5, 5.41) is 8.79. The van der Waals surface area contributed by atoms with Gasteiger partial charge in [-0.25, -0.2) is 0 Å². The SMILES string of the molecule is COc1cccc(OCCC(N)CO)c1OC. The van der Waals surface area contributed by atoms with E-state index in [1.165, 1.54) is 0 Å². The molecule has 0 aliphatic heterocycles. The van der Waals surface area contributed by atoms with E-state index in [0.29, 0.717) is 30.3 Å². The first kappa shape index (κ1) is 13.6. The fourth-order valence-electron chi connectivity index (χ4n) is 1.38. The predicted octanol–water partition coefficient (Wildman–Crippen LogP) is 0.792. The van der Waals surface area contributed by atoms with E-state index in [4.69, 9.17) is 25.1 Å². The highest BCUT2D eigenvalue weighted by Crippen LogP contribution is 2.36. The molecule has 0 radical (unpaired) electrons. The van der Waals surface area contributed by atoms with Gasteiger partial charge in [-0.1, -0.05) is 6.07 Å². The van der Waals surface area contributed by atoms with Gasteiger partial charge in [0.2, 0.25) is 5.75 Å². The third kappa shape index (κ3) is 3.80. The van der Waals surface area contributed by atoms with E-state index in [2.05, 4.69) is 0 Å². The summed E-state index contributed by atoms with van der Waals surface area (Å²) >= 11 is 0. The Morgan fingerprint density at radius 2 is 1.94 bits per heavy atom. The molecule has 0 saturated heterocycles. The van der Waals surface area contributed by atoms with Crippen molar-refractivity contribution in [2.24, 2.45) is 5.73 Å². The molecule has 0 aliphatic carbocycles. The van der Waals surface area contributed by atoms with Crippen molar-refractivity contribution in [3.8, 4) is 17.2 Å². The molecule has 0 aromatic heterocycles. The second-order valence-corrected chi connectivity index (χ2v) is 3.57. The molecule has 1 rings (SSSR count). The van der Waals surface area contributed by atoms with Gasteiger partial charge in [0.25, 0.3) is 0 Å². The minimum Gasteiger partial charge on any atom is -0.493 e. The zero-order valence-electron chi connectivity index (χ0n) is 10.2. The van der Waals surface area contributed by atoms with Crippen LogP contribution in [0.15, 0.2) is 18.2 Å². The predicted molar refractivity (Wildman–Crippen MR) is 64.7 cm³/mol. The number of hydrogen-bond acceptors (Lipinski definition) is 5. The lowest BCUT2D eigenvalue weighted by Gasteiger charge is -2.14. The van der Waals surface area contributed by atoms with Crippen LogP contribution in [0.3, 0.4) is 0 Å². The van der Waals surface area contributed by atoms with Crippen molar-refractivity contribution in [3.63, 3.8) is 0 Å². The van der Waals surface area contributed by atoms with Gasteiger partial charge in [0.05, 0.1) is 27.4 Å². The number of para-hydroxylation sites is 1. The molecule has 0 amide bonds. The molecular weight excluding hydrogens is 222 g/mol. The molecule has 96 valence electrons. The van der Waals surface area contributed by atoms with Crippen LogP contribution in [0.2, 0.25) is 0 Å². The number of methoxy groups -OCH3 is 2. The normalized spacial score (nSPS) is 12.0. The van der Waals surface area contributed by atoms with Gasteiger partial charge in [0.1, 0.15) is 0 Å². The highest BCUT2D eigenvalue weighted by molar-refractivity contribution is 5.50. The smallest absolute Gasteiger partial charge is 0.203 e. The van der Waals surface area contributed by atoms with E-state index in [-0.39, 0.29) is 12.6 Å². The first-order valence-corrected chi connectivity index (χ1v) is 5.43.